The first-order chi connectivity index (χ1) is 9.63. The van der Waals surface area contributed by atoms with Crippen molar-refractivity contribution >= 4 is 5.57 Å². The third kappa shape index (κ3) is 4.24. The first-order valence-corrected chi connectivity index (χ1v) is 6.66. The number of benzene rings is 1. The number of hydrogen-bond donors (Lipinski definition) is 0. The molecule has 0 aromatic heterocycles. The fraction of sp³-hybridized carbons (Fsp3) is 0.500. The predicted molar refractivity (Wildman–Crippen MR) is 77.4 cm³/mol. The van der Waals surface area contributed by atoms with Gasteiger partial charge in [0.15, 0.2) is 6.79 Å². The molecule has 0 atom stereocenters. The van der Waals surface area contributed by atoms with Gasteiger partial charge in [0.1, 0.15) is 5.75 Å². The smallest absolute Gasteiger partial charge is 0.416 e. The average Bonchev–Trinajstić information content (AvgIpc) is 2.43. The van der Waals surface area contributed by atoms with Crippen LogP contribution in [0.3, 0.4) is 0 Å². The van der Waals surface area contributed by atoms with E-state index < -0.39 is 11.7 Å². The molecule has 0 saturated heterocycles. The van der Waals surface area contributed by atoms with E-state index in [1.807, 2.05) is 20.8 Å². The summed E-state index contributed by atoms with van der Waals surface area (Å²) in [7, 11) is 1.49. The van der Waals surface area contributed by atoms with Crippen LogP contribution in [0.4, 0.5) is 13.2 Å². The molecular formula is C16H21F3O2. The third-order valence-corrected chi connectivity index (χ3v) is 3.62. The molecular weight excluding hydrogens is 281 g/mol. The Labute approximate surface area is 123 Å². The lowest BCUT2D eigenvalue weighted by molar-refractivity contribution is -0.0686. The van der Waals surface area contributed by atoms with Crippen LogP contribution in [-0.2, 0) is 10.2 Å². The van der Waals surface area contributed by atoms with Gasteiger partial charge in [0.25, 0.3) is 0 Å². The fourth-order valence-corrected chi connectivity index (χ4v) is 1.85. The van der Waals surface area contributed by atoms with Gasteiger partial charge in [-0.15, -0.1) is 0 Å². The summed E-state index contributed by atoms with van der Waals surface area (Å²) in [5.74, 6) is 0.530. The van der Waals surface area contributed by atoms with E-state index in [1.165, 1.54) is 25.3 Å². The van der Waals surface area contributed by atoms with Crippen molar-refractivity contribution < 1.29 is 22.6 Å². The molecule has 0 fully saturated rings. The van der Waals surface area contributed by atoms with E-state index in [9.17, 15) is 13.2 Å². The molecule has 0 aliphatic rings. The highest BCUT2D eigenvalue weighted by Crippen LogP contribution is 2.39. The highest BCUT2D eigenvalue weighted by molar-refractivity contribution is 5.69. The van der Waals surface area contributed by atoms with Crippen LogP contribution in [0.1, 0.15) is 38.3 Å². The minimum absolute atomic E-state index is 0.0480. The average molecular weight is 302 g/mol. The summed E-state index contributed by atoms with van der Waals surface area (Å²) >= 11 is 0. The van der Waals surface area contributed by atoms with E-state index in [1.54, 1.807) is 0 Å². The Bertz CT molecular complexity index is 505. The molecule has 1 rings (SSSR count). The standard InChI is InChI=1S/C16H21F3O2/c1-6-15(3,4)13-9-12(11(2)16(17,18)19)7-8-14(13)21-10-20-5/h7-9H,2,6,10H2,1,3-5H3. The maximum Gasteiger partial charge on any atom is 0.416 e. The summed E-state index contributed by atoms with van der Waals surface area (Å²) in [4.78, 5) is 0. The molecule has 5 heteroatoms. The van der Waals surface area contributed by atoms with Gasteiger partial charge in [0.05, 0.1) is 5.57 Å². The molecule has 0 bridgehead atoms. The third-order valence-electron chi connectivity index (χ3n) is 3.62. The van der Waals surface area contributed by atoms with Gasteiger partial charge >= 0.3 is 6.18 Å². The molecule has 0 saturated carbocycles. The van der Waals surface area contributed by atoms with Crippen molar-refractivity contribution in [2.75, 3.05) is 13.9 Å². The van der Waals surface area contributed by atoms with E-state index in [0.717, 1.165) is 6.42 Å². The second kappa shape index (κ2) is 6.52. The maximum atomic E-state index is 12.8. The van der Waals surface area contributed by atoms with Gasteiger partial charge < -0.3 is 9.47 Å². The van der Waals surface area contributed by atoms with E-state index in [4.69, 9.17) is 9.47 Å². The number of hydrogen-bond acceptors (Lipinski definition) is 2. The summed E-state index contributed by atoms with van der Waals surface area (Å²) in [6.45, 7) is 9.09. The summed E-state index contributed by atoms with van der Waals surface area (Å²) in [5.41, 5.74) is -0.395. The SMILES string of the molecule is C=C(c1ccc(OCOC)c(C(C)(C)CC)c1)C(F)(F)F. The molecule has 2 nitrogen and oxygen atoms in total. The topological polar surface area (TPSA) is 18.5 Å². The number of ether oxygens (including phenoxy) is 2. The molecule has 1 aromatic carbocycles. The minimum atomic E-state index is -4.44. The second-order valence-corrected chi connectivity index (χ2v) is 5.48. The summed E-state index contributed by atoms with van der Waals surface area (Å²) in [6.07, 6.45) is -3.68. The summed E-state index contributed by atoms with van der Waals surface area (Å²) < 4.78 is 48.7. The van der Waals surface area contributed by atoms with Crippen molar-refractivity contribution in [3.63, 3.8) is 0 Å². The number of methoxy groups -OCH3 is 1. The Morgan fingerprint density at radius 3 is 2.33 bits per heavy atom. The van der Waals surface area contributed by atoms with Crippen molar-refractivity contribution in [2.24, 2.45) is 0 Å². The van der Waals surface area contributed by atoms with Gasteiger partial charge in [-0.1, -0.05) is 33.4 Å². The molecule has 0 aliphatic heterocycles. The van der Waals surface area contributed by atoms with Crippen molar-refractivity contribution in [2.45, 2.75) is 38.8 Å². The molecule has 0 spiro atoms. The van der Waals surface area contributed by atoms with Gasteiger partial charge in [-0.2, -0.15) is 13.2 Å². The van der Waals surface area contributed by atoms with Crippen LogP contribution in [0.5, 0.6) is 5.75 Å². The maximum absolute atomic E-state index is 12.8. The zero-order valence-corrected chi connectivity index (χ0v) is 12.8. The van der Waals surface area contributed by atoms with Crippen molar-refractivity contribution in [1.29, 1.82) is 0 Å². The minimum Gasteiger partial charge on any atom is -0.467 e. The van der Waals surface area contributed by atoms with Crippen molar-refractivity contribution in [3.8, 4) is 5.75 Å². The summed E-state index contributed by atoms with van der Waals surface area (Å²) in [5, 5.41) is 0. The fourth-order valence-electron chi connectivity index (χ4n) is 1.85. The predicted octanol–water partition coefficient (Wildman–Crippen LogP) is 4.93. The quantitative estimate of drug-likeness (QED) is 0.693. The molecule has 0 N–H and O–H groups in total. The Hall–Kier alpha value is -1.49. The lowest BCUT2D eigenvalue weighted by Gasteiger charge is -2.27. The monoisotopic (exact) mass is 302 g/mol. The molecule has 1 aromatic rings. The second-order valence-electron chi connectivity index (χ2n) is 5.48. The molecule has 0 aliphatic carbocycles. The first-order valence-electron chi connectivity index (χ1n) is 6.66. The number of rotatable bonds is 6. The lowest BCUT2D eigenvalue weighted by Crippen LogP contribution is -2.19. The lowest BCUT2D eigenvalue weighted by atomic mass is 9.80. The summed E-state index contributed by atoms with van der Waals surface area (Å²) in [6, 6.07) is 4.42. The van der Waals surface area contributed by atoms with Crippen LogP contribution >= 0.6 is 0 Å². The van der Waals surface area contributed by atoms with E-state index in [-0.39, 0.29) is 17.8 Å². The van der Waals surface area contributed by atoms with Crippen LogP contribution in [0, 0.1) is 0 Å². The Morgan fingerprint density at radius 1 is 1.24 bits per heavy atom. The van der Waals surface area contributed by atoms with E-state index in [0.29, 0.717) is 11.3 Å². The van der Waals surface area contributed by atoms with E-state index >= 15 is 0 Å². The van der Waals surface area contributed by atoms with Gasteiger partial charge in [-0.05, 0) is 29.5 Å². The Balaban J connectivity index is 3.30. The van der Waals surface area contributed by atoms with E-state index in [2.05, 4.69) is 6.58 Å². The number of alkyl halides is 3. The molecule has 0 amide bonds. The molecule has 21 heavy (non-hydrogen) atoms. The molecule has 0 unspecified atom stereocenters. The molecule has 118 valence electrons. The van der Waals surface area contributed by atoms with Crippen molar-refractivity contribution in [1.82, 2.24) is 0 Å². The highest BCUT2D eigenvalue weighted by Gasteiger charge is 2.34. The van der Waals surface area contributed by atoms with Crippen LogP contribution in [-0.4, -0.2) is 20.1 Å². The first kappa shape index (κ1) is 17.6. The van der Waals surface area contributed by atoms with Crippen LogP contribution in [0.2, 0.25) is 0 Å². The normalized spacial score (nSPS) is 12.3. The zero-order chi connectivity index (χ0) is 16.3. The largest absolute Gasteiger partial charge is 0.467 e. The number of halogens is 3. The number of allylic oxidation sites excluding steroid dienone is 1. The Morgan fingerprint density at radius 2 is 1.86 bits per heavy atom. The molecule has 0 heterocycles. The Kier molecular flexibility index (Phi) is 5.45. The van der Waals surface area contributed by atoms with Crippen LogP contribution < -0.4 is 4.74 Å². The van der Waals surface area contributed by atoms with Crippen LogP contribution in [0.15, 0.2) is 24.8 Å². The van der Waals surface area contributed by atoms with Gasteiger partial charge in [-0.25, -0.2) is 0 Å². The highest BCUT2D eigenvalue weighted by atomic mass is 19.4. The zero-order valence-electron chi connectivity index (χ0n) is 12.8. The van der Waals surface area contributed by atoms with Gasteiger partial charge in [-0.3, -0.25) is 0 Å². The van der Waals surface area contributed by atoms with Crippen molar-refractivity contribution in [3.05, 3.63) is 35.9 Å². The van der Waals surface area contributed by atoms with Gasteiger partial charge in [0.2, 0.25) is 0 Å². The van der Waals surface area contributed by atoms with Crippen LogP contribution in [0.25, 0.3) is 5.57 Å². The van der Waals surface area contributed by atoms with Gasteiger partial charge in [0, 0.05) is 12.7 Å². The molecule has 0 radical (unpaired) electrons.